The molecule has 1 rings (SSSR count). The summed E-state index contributed by atoms with van der Waals surface area (Å²) in [7, 11) is 2.73. The maximum atomic E-state index is 11.3. The summed E-state index contributed by atoms with van der Waals surface area (Å²) in [5.41, 5.74) is 8.87. The number of rotatable bonds is 4. The quantitative estimate of drug-likeness (QED) is 0.263. The standard InChI is InChI=1S/C11H11N3O3/c1-16-10-6-4-3-5-8(10)7-9(13-14-12)11(15)17-2/h3-7H,1-2H3/b9-7-. The molecule has 0 atom stereocenters. The van der Waals surface area contributed by atoms with Gasteiger partial charge < -0.3 is 9.47 Å². The van der Waals surface area contributed by atoms with Crippen molar-refractivity contribution >= 4 is 12.0 Å². The molecule has 0 heterocycles. The number of nitrogens with zero attached hydrogens (tertiary/aromatic N) is 3. The molecule has 1 aromatic carbocycles. The lowest BCUT2D eigenvalue weighted by Crippen LogP contribution is -2.02. The number of azide groups is 1. The molecule has 0 aromatic heterocycles. The average Bonchev–Trinajstić information content (AvgIpc) is 2.38. The van der Waals surface area contributed by atoms with Gasteiger partial charge in [-0.3, -0.25) is 0 Å². The largest absolute Gasteiger partial charge is 0.496 e. The van der Waals surface area contributed by atoms with E-state index in [0.29, 0.717) is 11.3 Å². The van der Waals surface area contributed by atoms with Crippen LogP contribution in [0.3, 0.4) is 0 Å². The van der Waals surface area contributed by atoms with Crippen LogP contribution in [0.1, 0.15) is 5.56 Å². The molecule has 0 aliphatic rings. The normalized spacial score (nSPS) is 10.4. The van der Waals surface area contributed by atoms with Gasteiger partial charge in [0.05, 0.1) is 14.2 Å². The van der Waals surface area contributed by atoms with E-state index in [-0.39, 0.29) is 5.70 Å². The minimum Gasteiger partial charge on any atom is -0.496 e. The van der Waals surface area contributed by atoms with Gasteiger partial charge in [-0.2, -0.15) is 0 Å². The molecule has 0 unspecified atom stereocenters. The third kappa shape index (κ3) is 3.25. The minimum atomic E-state index is -0.700. The van der Waals surface area contributed by atoms with Crippen LogP contribution in [0, 0.1) is 0 Å². The first-order chi connectivity index (χ1) is 8.22. The van der Waals surface area contributed by atoms with Crippen molar-refractivity contribution in [3.8, 4) is 5.75 Å². The number of carbonyl (C=O) groups excluding carboxylic acids is 1. The molecule has 0 spiro atoms. The topological polar surface area (TPSA) is 84.3 Å². The van der Waals surface area contributed by atoms with Gasteiger partial charge in [-0.05, 0) is 17.7 Å². The highest BCUT2D eigenvalue weighted by atomic mass is 16.5. The van der Waals surface area contributed by atoms with E-state index >= 15 is 0 Å². The first-order valence-electron chi connectivity index (χ1n) is 4.71. The van der Waals surface area contributed by atoms with E-state index < -0.39 is 5.97 Å². The number of carbonyl (C=O) groups is 1. The lowest BCUT2D eigenvalue weighted by atomic mass is 10.1. The molecule has 0 fully saturated rings. The fourth-order valence-corrected chi connectivity index (χ4v) is 1.21. The Bertz CT molecular complexity index is 490. The molecular weight excluding hydrogens is 222 g/mol. The highest BCUT2D eigenvalue weighted by molar-refractivity contribution is 5.93. The number of esters is 1. The van der Waals surface area contributed by atoms with Gasteiger partial charge in [0.1, 0.15) is 11.4 Å². The van der Waals surface area contributed by atoms with Crippen LogP contribution in [0.25, 0.3) is 16.5 Å². The summed E-state index contributed by atoms with van der Waals surface area (Å²) in [5.74, 6) is -0.129. The van der Waals surface area contributed by atoms with Crippen molar-refractivity contribution < 1.29 is 14.3 Å². The average molecular weight is 233 g/mol. The first-order valence-corrected chi connectivity index (χ1v) is 4.71. The minimum absolute atomic E-state index is 0.125. The Balaban J connectivity index is 3.21. The summed E-state index contributed by atoms with van der Waals surface area (Å²) in [5, 5.41) is 3.28. The summed E-state index contributed by atoms with van der Waals surface area (Å²) in [6.07, 6.45) is 1.41. The summed E-state index contributed by atoms with van der Waals surface area (Å²) < 4.78 is 9.60. The number of hydrogen-bond acceptors (Lipinski definition) is 4. The molecular formula is C11H11N3O3. The number of para-hydroxylation sites is 1. The third-order valence-corrected chi connectivity index (χ3v) is 1.98. The SMILES string of the molecule is COC(=O)/C(=C/c1ccccc1OC)N=[N+]=[N-]. The molecule has 0 bridgehead atoms. The smallest absolute Gasteiger partial charge is 0.340 e. The molecule has 1 aromatic rings. The highest BCUT2D eigenvalue weighted by Crippen LogP contribution is 2.21. The summed E-state index contributed by atoms with van der Waals surface area (Å²) in [4.78, 5) is 13.9. The van der Waals surface area contributed by atoms with Crippen LogP contribution in [0.4, 0.5) is 0 Å². The van der Waals surface area contributed by atoms with Gasteiger partial charge in [-0.1, -0.05) is 23.3 Å². The fourth-order valence-electron chi connectivity index (χ4n) is 1.21. The fraction of sp³-hybridized carbons (Fsp3) is 0.182. The zero-order valence-electron chi connectivity index (χ0n) is 9.45. The van der Waals surface area contributed by atoms with E-state index in [0.717, 1.165) is 0 Å². The maximum Gasteiger partial charge on any atom is 0.340 e. The van der Waals surface area contributed by atoms with E-state index in [1.54, 1.807) is 24.3 Å². The van der Waals surface area contributed by atoms with Gasteiger partial charge in [-0.15, -0.1) is 0 Å². The Morgan fingerprint density at radius 2 is 2.12 bits per heavy atom. The van der Waals surface area contributed by atoms with E-state index in [1.807, 2.05) is 0 Å². The number of ether oxygens (including phenoxy) is 2. The van der Waals surface area contributed by atoms with E-state index in [9.17, 15) is 4.79 Å². The predicted octanol–water partition coefficient (Wildman–Crippen LogP) is 2.52. The van der Waals surface area contributed by atoms with Crippen molar-refractivity contribution in [3.63, 3.8) is 0 Å². The van der Waals surface area contributed by atoms with Gasteiger partial charge >= 0.3 is 5.97 Å². The number of benzene rings is 1. The third-order valence-electron chi connectivity index (χ3n) is 1.98. The van der Waals surface area contributed by atoms with Crippen LogP contribution in [0.5, 0.6) is 5.75 Å². The van der Waals surface area contributed by atoms with Crippen LogP contribution in [0.15, 0.2) is 35.1 Å². The number of hydrogen-bond donors (Lipinski definition) is 0. The second-order valence-corrected chi connectivity index (χ2v) is 2.95. The van der Waals surface area contributed by atoms with Crippen LogP contribution in [-0.4, -0.2) is 20.2 Å². The molecule has 0 amide bonds. The van der Waals surface area contributed by atoms with Gasteiger partial charge in [0.15, 0.2) is 0 Å². The van der Waals surface area contributed by atoms with Crippen molar-refractivity contribution in [2.45, 2.75) is 0 Å². The molecule has 0 N–H and O–H groups in total. The Morgan fingerprint density at radius 3 is 2.71 bits per heavy atom. The first kappa shape index (κ1) is 12.6. The number of methoxy groups -OCH3 is 2. The maximum absolute atomic E-state index is 11.3. The summed E-state index contributed by atoms with van der Waals surface area (Å²) in [6, 6.07) is 7.03. The van der Waals surface area contributed by atoms with Gasteiger partial charge in [0.25, 0.3) is 0 Å². The van der Waals surface area contributed by atoms with Gasteiger partial charge in [0, 0.05) is 10.5 Å². The molecule has 0 aliphatic carbocycles. The van der Waals surface area contributed by atoms with Gasteiger partial charge in [-0.25, -0.2) is 4.79 Å². The predicted molar refractivity (Wildman–Crippen MR) is 62.1 cm³/mol. The monoisotopic (exact) mass is 233 g/mol. The van der Waals surface area contributed by atoms with Crippen molar-refractivity contribution in [3.05, 3.63) is 46.0 Å². The summed E-state index contributed by atoms with van der Waals surface area (Å²) in [6.45, 7) is 0. The molecule has 0 aliphatic heterocycles. The van der Waals surface area contributed by atoms with Crippen molar-refractivity contribution in [2.75, 3.05) is 14.2 Å². The van der Waals surface area contributed by atoms with Crippen molar-refractivity contribution in [2.24, 2.45) is 5.11 Å². The van der Waals surface area contributed by atoms with E-state index in [2.05, 4.69) is 14.8 Å². The Labute approximate surface area is 98.1 Å². The van der Waals surface area contributed by atoms with Crippen LogP contribution < -0.4 is 4.74 Å². The van der Waals surface area contributed by atoms with E-state index in [4.69, 9.17) is 10.3 Å². The molecule has 0 radical (unpaired) electrons. The molecule has 6 heteroatoms. The Morgan fingerprint density at radius 1 is 1.41 bits per heavy atom. The molecule has 17 heavy (non-hydrogen) atoms. The van der Waals surface area contributed by atoms with Crippen LogP contribution in [0.2, 0.25) is 0 Å². The highest BCUT2D eigenvalue weighted by Gasteiger charge is 2.08. The van der Waals surface area contributed by atoms with Crippen LogP contribution >= 0.6 is 0 Å². The lowest BCUT2D eigenvalue weighted by Gasteiger charge is -2.04. The molecule has 88 valence electrons. The van der Waals surface area contributed by atoms with Crippen molar-refractivity contribution in [1.29, 1.82) is 0 Å². The summed E-state index contributed by atoms with van der Waals surface area (Å²) >= 11 is 0. The Kier molecular flexibility index (Phi) is 4.59. The van der Waals surface area contributed by atoms with E-state index in [1.165, 1.54) is 20.3 Å². The molecule has 6 nitrogen and oxygen atoms in total. The zero-order chi connectivity index (χ0) is 12.7. The zero-order valence-corrected chi connectivity index (χ0v) is 9.45. The Hall–Kier alpha value is -2.46. The molecule has 0 saturated carbocycles. The second-order valence-electron chi connectivity index (χ2n) is 2.95. The van der Waals surface area contributed by atoms with Gasteiger partial charge in [0.2, 0.25) is 0 Å². The molecule has 0 saturated heterocycles. The van der Waals surface area contributed by atoms with Crippen LogP contribution in [-0.2, 0) is 9.53 Å². The second kappa shape index (κ2) is 6.19. The van der Waals surface area contributed by atoms with Crippen molar-refractivity contribution in [1.82, 2.24) is 0 Å². The lowest BCUT2D eigenvalue weighted by molar-refractivity contribution is -0.136.